The Kier molecular flexibility index (Phi) is 39.6. The lowest BCUT2D eigenvalue weighted by atomic mass is 10.0. The van der Waals surface area contributed by atoms with Crippen LogP contribution in [0.5, 0.6) is 0 Å². The van der Waals surface area contributed by atoms with Gasteiger partial charge in [0.25, 0.3) is 5.91 Å². The zero-order valence-electron chi connectivity index (χ0n) is 50.0. The molecule has 9 amide bonds. The van der Waals surface area contributed by atoms with Gasteiger partial charge in [-0.2, -0.15) is 0 Å². The second-order valence-corrected chi connectivity index (χ2v) is 21.6. The fraction of sp³-hybridized carbons (Fsp3) is 0.745. The number of hydrogen-bond donors (Lipinski definition) is 18. The van der Waals surface area contributed by atoms with Crippen molar-refractivity contribution in [3.05, 3.63) is 11.8 Å². The molecule has 0 aromatic rings. The van der Waals surface area contributed by atoms with Gasteiger partial charge >= 0.3 is 17.9 Å². The number of rotatable bonds is 32. The zero-order chi connectivity index (χ0) is 65.6. The Bertz CT molecular complexity index is 2270. The van der Waals surface area contributed by atoms with Crippen molar-refractivity contribution in [2.45, 2.75) is 228 Å². The van der Waals surface area contributed by atoms with Gasteiger partial charge in [0.2, 0.25) is 47.3 Å². The minimum atomic E-state index is -2.83. The predicted molar refractivity (Wildman–Crippen MR) is 314 cm³/mol. The number of carbonyl (C=O) groups is 12. The van der Waals surface area contributed by atoms with Crippen molar-refractivity contribution >= 4 is 82.7 Å². The molecule has 4 unspecified atom stereocenters. The number of hydrogen-bond acceptors (Lipinski definition) is 20. The topological polar surface area (TPSA) is 522 Å². The molecule has 0 aliphatic carbocycles. The number of carboxylic acid groups (broad SMARTS) is 2. The number of ether oxygens (including phenoxy) is 1. The monoisotopic (exact) mass is 1260 g/mol. The second-order valence-electron chi connectivity index (χ2n) is 21.3. The van der Waals surface area contributed by atoms with Crippen LogP contribution in [0.15, 0.2) is 11.8 Å². The summed E-state index contributed by atoms with van der Waals surface area (Å²) in [6.45, 7) is 2.68. The molecular weight excluding hydrogens is 1170 g/mol. The molecule has 0 bridgehead atoms. The van der Waals surface area contributed by atoms with Crippen molar-refractivity contribution in [3.8, 4) is 0 Å². The second kappa shape index (κ2) is 43.9. The largest absolute Gasteiger partial charge is 0.481 e. The van der Waals surface area contributed by atoms with Crippen LogP contribution in [0.2, 0.25) is 0 Å². The summed E-state index contributed by atoms with van der Waals surface area (Å²) in [5.74, 6) is -17.8. The first-order chi connectivity index (χ1) is 41.3. The van der Waals surface area contributed by atoms with Gasteiger partial charge in [-0.3, -0.25) is 47.9 Å². The predicted octanol–water partition coefficient (Wildman–Crippen LogP) is -3.60. The maximum Gasteiger partial charge on any atom is 0.335 e. The third-order valence-electron chi connectivity index (χ3n) is 14.0. The minimum absolute atomic E-state index is 0.123. The van der Waals surface area contributed by atoms with E-state index in [4.69, 9.17) is 33.5 Å². The SMILES string of the molecule is C/C=C1\NC(=O)C([C@H](C)O)NC(=O)[C@H](CCN)NC(=O)[C@H](CCCCN)NC(=O)[C@H](CC(=O)O)NC(=O)[C@@H](CCN)NC(=O)[C@@H](NC(=O)CC(O)CCCCCCCCCCCCCCC)COC(=O)[C@H](C(O)CCl)NC(=O)C([C@H](O)C(=O)O)NC1=O. The molecule has 32 heteroatoms. The molecule has 0 aromatic carbocycles. The third kappa shape index (κ3) is 30.7. The first-order valence-corrected chi connectivity index (χ1v) is 30.2. The van der Waals surface area contributed by atoms with Crippen molar-refractivity contribution in [2.24, 2.45) is 17.2 Å². The number of carboxylic acids is 2. The normalized spacial score (nSPS) is 23.9. The molecule has 1 heterocycles. The highest BCUT2D eigenvalue weighted by molar-refractivity contribution is 6.18. The van der Waals surface area contributed by atoms with Crippen LogP contribution in [0.25, 0.3) is 0 Å². The standard InChI is InChI=1S/C55H95ClN12O19/c1-4-6-7-8-9-10-11-12-13-14-15-16-17-20-32(70)27-40(72)60-38-30-87-55(86)43(39(71)29-56)67-53(83)44(45(75)54(84)85)68-46(76)33(5-2)61-52(82)42(31(3)69)66-49(79)36(23-26-59)63-47(77)34(21-18-19-24-57)62-50(80)37(28-41(73)74)65-48(78)35(22-25-58)64-51(38)81/h5,31-32,34-39,42-45,69-71,75H,4,6-30,57-59H2,1-3H3,(H,60,72)(H,61,82)(H,62,80)(H,63,77)(H,64,81)(H,65,78)(H,66,79)(H,67,83)(H,68,76)(H,73,74)(H,84,85)/b33-5-/t31-,32?,34-,35+,36-,37-,38-,39?,42?,43-,44?,45-/m0/s1. The Morgan fingerprint density at radius 1 is 0.598 bits per heavy atom. The molecule has 31 nitrogen and oxygen atoms in total. The molecule has 1 fully saturated rings. The van der Waals surface area contributed by atoms with E-state index in [2.05, 4.69) is 44.1 Å². The molecule has 0 radical (unpaired) electrons. The molecule has 0 aromatic heterocycles. The number of carbonyl (C=O) groups excluding carboxylic acids is 10. The van der Waals surface area contributed by atoms with Gasteiger partial charge in [0.05, 0.1) is 37.0 Å². The maximum atomic E-state index is 14.2. The lowest BCUT2D eigenvalue weighted by molar-refractivity contribution is -0.155. The summed E-state index contributed by atoms with van der Waals surface area (Å²) in [6, 6.07) is -15.8. The quantitative estimate of drug-likeness (QED) is 0.0134. The molecule has 1 aliphatic rings. The minimum Gasteiger partial charge on any atom is -0.481 e. The fourth-order valence-corrected chi connectivity index (χ4v) is 9.11. The molecule has 12 atom stereocenters. The van der Waals surface area contributed by atoms with Crippen LogP contribution in [-0.4, -0.2) is 207 Å². The summed E-state index contributed by atoms with van der Waals surface area (Å²) >= 11 is 5.87. The van der Waals surface area contributed by atoms with Gasteiger partial charge in [-0.1, -0.05) is 96.5 Å². The number of allylic oxidation sites excluding steroid dienone is 1. The first kappa shape index (κ1) is 78.4. The number of unbranched alkanes of at least 4 members (excludes halogenated alkanes) is 13. The summed E-state index contributed by atoms with van der Waals surface area (Å²) in [6.07, 6.45) is 4.80. The molecule has 21 N–H and O–H groups in total. The van der Waals surface area contributed by atoms with Crippen LogP contribution >= 0.6 is 11.6 Å². The lowest BCUT2D eigenvalue weighted by Crippen LogP contribution is -2.62. The molecule has 87 heavy (non-hydrogen) atoms. The number of cyclic esters (lactones) is 1. The van der Waals surface area contributed by atoms with E-state index in [0.29, 0.717) is 12.8 Å². The highest BCUT2D eigenvalue weighted by atomic mass is 35.5. The highest BCUT2D eigenvalue weighted by Crippen LogP contribution is 2.15. The van der Waals surface area contributed by atoms with Crippen molar-refractivity contribution in [2.75, 3.05) is 32.1 Å². The number of nitrogens with two attached hydrogens (primary N) is 3. The number of nitrogens with one attached hydrogen (secondary N) is 9. The number of halogens is 1. The Hall–Kier alpha value is -6.61. The van der Waals surface area contributed by atoms with E-state index in [1.54, 1.807) is 0 Å². The van der Waals surface area contributed by atoms with E-state index in [0.717, 1.165) is 51.5 Å². The van der Waals surface area contributed by atoms with Gasteiger partial charge in [-0.25, -0.2) is 9.59 Å². The molecule has 1 saturated heterocycles. The van der Waals surface area contributed by atoms with Crippen LogP contribution in [0.1, 0.15) is 156 Å². The van der Waals surface area contributed by atoms with E-state index in [1.807, 2.05) is 10.6 Å². The maximum absolute atomic E-state index is 14.2. The van der Waals surface area contributed by atoms with Gasteiger partial charge in [0.1, 0.15) is 54.6 Å². The average Bonchev–Trinajstić information content (AvgIpc) is 3.53. The van der Waals surface area contributed by atoms with Gasteiger partial charge < -0.3 is 100 Å². The number of aliphatic carboxylic acids is 2. The number of aliphatic hydroxyl groups is 4. The van der Waals surface area contributed by atoms with E-state index in [1.165, 1.54) is 45.4 Å². The highest BCUT2D eigenvalue weighted by Gasteiger charge is 2.41. The summed E-state index contributed by atoms with van der Waals surface area (Å²) < 4.78 is 5.29. The van der Waals surface area contributed by atoms with Crippen molar-refractivity contribution < 1.29 is 92.9 Å². The first-order valence-electron chi connectivity index (χ1n) is 29.7. The molecule has 496 valence electrons. The Labute approximate surface area is 511 Å². The van der Waals surface area contributed by atoms with Gasteiger partial charge in [0.15, 0.2) is 12.1 Å². The summed E-state index contributed by atoms with van der Waals surface area (Å²) in [4.78, 5) is 163. The molecular formula is C55H95ClN12O19. The van der Waals surface area contributed by atoms with Crippen LogP contribution in [0, 0.1) is 0 Å². The van der Waals surface area contributed by atoms with Crippen LogP contribution in [0.4, 0.5) is 0 Å². The molecule has 1 rings (SSSR count). The van der Waals surface area contributed by atoms with Crippen LogP contribution in [0.3, 0.4) is 0 Å². The van der Waals surface area contributed by atoms with Gasteiger partial charge in [0, 0.05) is 0 Å². The van der Waals surface area contributed by atoms with Crippen molar-refractivity contribution in [1.82, 2.24) is 47.9 Å². The number of esters is 1. The Balaban J connectivity index is 3.88. The van der Waals surface area contributed by atoms with E-state index in [9.17, 15) is 88.2 Å². The van der Waals surface area contributed by atoms with Crippen molar-refractivity contribution in [1.29, 1.82) is 0 Å². The Morgan fingerprint density at radius 3 is 1.56 bits per heavy atom. The molecule has 0 spiro atoms. The third-order valence-corrected chi connectivity index (χ3v) is 14.3. The average molecular weight is 1260 g/mol. The Morgan fingerprint density at radius 2 is 1.08 bits per heavy atom. The molecule has 1 aliphatic heterocycles. The summed E-state index contributed by atoms with van der Waals surface area (Å²) in [7, 11) is 0. The van der Waals surface area contributed by atoms with Crippen molar-refractivity contribution in [3.63, 3.8) is 0 Å². The smallest absolute Gasteiger partial charge is 0.335 e. The number of alkyl halides is 1. The lowest BCUT2D eigenvalue weighted by Gasteiger charge is -2.28. The number of aliphatic hydroxyl groups excluding tert-OH is 4. The number of amides is 9. The van der Waals surface area contributed by atoms with Crippen LogP contribution < -0.4 is 65.1 Å². The van der Waals surface area contributed by atoms with E-state index in [-0.39, 0.29) is 45.3 Å². The molecule has 0 saturated carbocycles. The van der Waals surface area contributed by atoms with E-state index >= 15 is 0 Å². The summed E-state index contributed by atoms with van der Waals surface area (Å²) in [5.41, 5.74) is 16.5. The zero-order valence-corrected chi connectivity index (χ0v) is 50.7. The van der Waals surface area contributed by atoms with E-state index < -0.39 is 181 Å². The van der Waals surface area contributed by atoms with Gasteiger partial charge in [-0.05, 0) is 72.0 Å². The van der Waals surface area contributed by atoms with Crippen LogP contribution in [-0.2, 0) is 62.3 Å². The summed E-state index contributed by atoms with van der Waals surface area (Å²) in [5, 5.41) is 82.4. The van der Waals surface area contributed by atoms with Gasteiger partial charge in [-0.15, -0.1) is 11.6 Å². The fourth-order valence-electron chi connectivity index (χ4n) is 8.93.